The molecule has 0 bridgehead atoms. The second-order valence-electron chi connectivity index (χ2n) is 4.94. The van der Waals surface area contributed by atoms with Crippen LogP contribution in [0.1, 0.15) is 12.5 Å². The van der Waals surface area contributed by atoms with Gasteiger partial charge in [-0.05, 0) is 19.1 Å². The number of rotatable bonds is 6. The summed E-state index contributed by atoms with van der Waals surface area (Å²) < 4.78 is 9.25. The van der Waals surface area contributed by atoms with Crippen LogP contribution < -0.4 is 5.32 Å². The van der Waals surface area contributed by atoms with Gasteiger partial charge in [0, 0.05) is 5.56 Å². The Hall–Kier alpha value is -3.30. The van der Waals surface area contributed by atoms with E-state index in [1.54, 1.807) is 6.92 Å². The lowest BCUT2D eigenvalue weighted by molar-refractivity contribution is -0.149. The highest BCUT2D eigenvalue weighted by Gasteiger charge is 2.13. The Morgan fingerprint density at radius 2 is 1.88 bits per heavy atom. The average Bonchev–Trinajstić information content (AvgIpc) is 3.02. The van der Waals surface area contributed by atoms with Crippen LogP contribution in [0.25, 0.3) is 11.4 Å². The van der Waals surface area contributed by atoms with Gasteiger partial charge in [-0.3, -0.25) is 10.1 Å². The molecule has 0 fully saturated rings. The van der Waals surface area contributed by atoms with Crippen molar-refractivity contribution in [2.75, 3.05) is 13.2 Å². The number of tetrazole rings is 1. The first-order valence-corrected chi connectivity index (χ1v) is 7.45. The molecule has 1 aromatic heterocycles. The number of aromatic nitrogens is 4. The predicted molar refractivity (Wildman–Crippen MR) is 84.1 cm³/mol. The number of carbonyl (C=O) groups is 3. The molecule has 0 aliphatic rings. The summed E-state index contributed by atoms with van der Waals surface area (Å²) in [5.41, 5.74) is 1.86. The maximum Gasteiger partial charge on any atom is 0.413 e. The minimum Gasteiger partial charge on any atom is -0.454 e. The minimum absolute atomic E-state index is 0.125. The molecular formula is C15H17N5O5. The maximum atomic E-state index is 11.7. The summed E-state index contributed by atoms with van der Waals surface area (Å²) in [6, 6.07) is 7.50. The molecule has 132 valence electrons. The molecule has 0 saturated carbocycles. The highest BCUT2D eigenvalue weighted by molar-refractivity contribution is 5.93. The molecule has 0 aliphatic carbocycles. The van der Waals surface area contributed by atoms with E-state index in [0.717, 1.165) is 15.9 Å². The van der Waals surface area contributed by atoms with Crippen LogP contribution in [0, 0.1) is 6.92 Å². The van der Waals surface area contributed by atoms with Gasteiger partial charge >= 0.3 is 12.1 Å². The quantitative estimate of drug-likeness (QED) is 0.747. The van der Waals surface area contributed by atoms with E-state index in [2.05, 4.69) is 20.1 Å². The van der Waals surface area contributed by atoms with Crippen LogP contribution in [0.4, 0.5) is 4.79 Å². The largest absolute Gasteiger partial charge is 0.454 e. The first kappa shape index (κ1) is 18.0. The summed E-state index contributed by atoms with van der Waals surface area (Å²) in [6.07, 6.45) is -0.899. The van der Waals surface area contributed by atoms with Gasteiger partial charge in [0.25, 0.3) is 5.91 Å². The third-order valence-electron chi connectivity index (χ3n) is 2.91. The molecule has 10 heteroatoms. The first-order valence-electron chi connectivity index (χ1n) is 7.45. The standard InChI is InChI=1S/C15H17N5O5/c1-3-24-15(23)16-12(21)9-25-13(22)8-20-18-14(17-19-20)11-6-4-10(2)5-7-11/h4-7H,3,8-9H2,1-2H3,(H,16,21,23). The fraction of sp³-hybridized carbons (Fsp3) is 0.333. The van der Waals surface area contributed by atoms with Gasteiger partial charge in [-0.1, -0.05) is 29.8 Å². The van der Waals surface area contributed by atoms with Crippen molar-refractivity contribution in [3.05, 3.63) is 29.8 Å². The zero-order valence-electron chi connectivity index (χ0n) is 13.8. The highest BCUT2D eigenvalue weighted by atomic mass is 16.6. The highest BCUT2D eigenvalue weighted by Crippen LogP contribution is 2.13. The van der Waals surface area contributed by atoms with Crippen LogP contribution in [0.5, 0.6) is 0 Å². The van der Waals surface area contributed by atoms with Crippen molar-refractivity contribution in [3.63, 3.8) is 0 Å². The monoisotopic (exact) mass is 347 g/mol. The van der Waals surface area contributed by atoms with E-state index in [4.69, 9.17) is 4.74 Å². The number of benzene rings is 1. The number of ether oxygens (including phenoxy) is 2. The fourth-order valence-corrected chi connectivity index (χ4v) is 1.75. The number of alkyl carbamates (subject to hydrolysis) is 1. The second kappa shape index (κ2) is 8.52. The Kier molecular flexibility index (Phi) is 6.15. The van der Waals surface area contributed by atoms with Crippen molar-refractivity contribution in [2.45, 2.75) is 20.4 Å². The van der Waals surface area contributed by atoms with Crippen LogP contribution in [0.15, 0.2) is 24.3 Å². The predicted octanol–water partition coefficient (Wildman–Crippen LogP) is 0.464. The number of hydrogen-bond donors (Lipinski definition) is 1. The molecule has 2 amide bonds. The molecule has 0 aliphatic heterocycles. The molecule has 0 atom stereocenters. The van der Waals surface area contributed by atoms with Crippen molar-refractivity contribution in [1.82, 2.24) is 25.5 Å². The normalized spacial score (nSPS) is 10.2. The van der Waals surface area contributed by atoms with Crippen LogP contribution >= 0.6 is 0 Å². The van der Waals surface area contributed by atoms with Gasteiger partial charge in [-0.25, -0.2) is 9.59 Å². The summed E-state index contributed by atoms with van der Waals surface area (Å²) in [6.45, 7) is 2.76. The van der Waals surface area contributed by atoms with E-state index in [1.165, 1.54) is 0 Å². The molecule has 10 nitrogen and oxygen atoms in total. The number of hydrogen-bond acceptors (Lipinski definition) is 8. The van der Waals surface area contributed by atoms with Gasteiger partial charge in [-0.2, -0.15) is 4.80 Å². The fourth-order valence-electron chi connectivity index (χ4n) is 1.75. The minimum atomic E-state index is -0.899. The van der Waals surface area contributed by atoms with E-state index in [-0.39, 0.29) is 13.2 Å². The molecule has 25 heavy (non-hydrogen) atoms. The van der Waals surface area contributed by atoms with Crippen LogP contribution in [-0.2, 0) is 25.6 Å². The van der Waals surface area contributed by atoms with Crippen molar-refractivity contribution in [1.29, 1.82) is 0 Å². The topological polar surface area (TPSA) is 125 Å². The number of imide groups is 1. The van der Waals surface area contributed by atoms with Crippen molar-refractivity contribution < 1.29 is 23.9 Å². The first-order chi connectivity index (χ1) is 12.0. The third kappa shape index (κ3) is 5.68. The molecule has 0 radical (unpaired) electrons. The lowest BCUT2D eigenvalue weighted by atomic mass is 10.1. The summed E-state index contributed by atoms with van der Waals surface area (Å²) in [5, 5.41) is 13.6. The van der Waals surface area contributed by atoms with E-state index < -0.39 is 24.6 Å². The molecule has 0 saturated heterocycles. The zero-order chi connectivity index (χ0) is 18.2. The van der Waals surface area contributed by atoms with E-state index in [0.29, 0.717) is 5.82 Å². The van der Waals surface area contributed by atoms with E-state index in [1.807, 2.05) is 36.5 Å². The maximum absolute atomic E-state index is 11.7. The Balaban J connectivity index is 1.82. The Labute approximate surface area is 143 Å². The number of esters is 1. The van der Waals surface area contributed by atoms with Gasteiger partial charge in [0.1, 0.15) is 0 Å². The Morgan fingerprint density at radius 3 is 2.56 bits per heavy atom. The van der Waals surface area contributed by atoms with Crippen LogP contribution in [0.2, 0.25) is 0 Å². The van der Waals surface area contributed by atoms with E-state index in [9.17, 15) is 14.4 Å². The summed E-state index contributed by atoms with van der Waals surface area (Å²) in [5.74, 6) is -1.17. The van der Waals surface area contributed by atoms with Gasteiger partial charge in [0.15, 0.2) is 13.2 Å². The number of carbonyl (C=O) groups excluding carboxylic acids is 3. The Morgan fingerprint density at radius 1 is 1.16 bits per heavy atom. The summed E-state index contributed by atoms with van der Waals surface area (Å²) in [4.78, 5) is 35.1. The molecule has 0 spiro atoms. The number of nitrogens with one attached hydrogen (secondary N) is 1. The number of aryl methyl sites for hydroxylation is 1. The smallest absolute Gasteiger partial charge is 0.413 e. The summed E-state index contributed by atoms with van der Waals surface area (Å²) in [7, 11) is 0. The van der Waals surface area contributed by atoms with Crippen molar-refractivity contribution in [2.24, 2.45) is 0 Å². The average molecular weight is 347 g/mol. The van der Waals surface area contributed by atoms with Gasteiger partial charge in [0.2, 0.25) is 5.82 Å². The SMILES string of the molecule is CCOC(=O)NC(=O)COC(=O)Cn1nnc(-c2ccc(C)cc2)n1. The van der Waals surface area contributed by atoms with Gasteiger partial charge in [0.05, 0.1) is 6.61 Å². The zero-order valence-corrected chi connectivity index (χ0v) is 13.8. The molecule has 0 unspecified atom stereocenters. The molecule has 2 aromatic rings. The molecule has 2 rings (SSSR count). The van der Waals surface area contributed by atoms with E-state index >= 15 is 0 Å². The number of amides is 2. The molecular weight excluding hydrogens is 330 g/mol. The third-order valence-corrected chi connectivity index (χ3v) is 2.91. The number of nitrogens with zero attached hydrogens (tertiary/aromatic N) is 4. The molecule has 1 N–H and O–H groups in total. The van der Waals surface area contributed by atoms with Crippen LogP contribution in [0.3, 0.4) is 0 Å². The second-order valence-corrected chi connectivity index (χ2v) is 4.94. The van der Waals surface area contributed by atoms with Crippen molar-refractivity contribution in [3.8, 4) is 11.4 Å². The van der Waals surface area contributed by atoms with Gasteiger partial charge < -0.3 is 9.47 Å². The molecule has 1 aromatic carbocycles. The lowest BCUT2D eigenvalue weighted by Crippen LogP contribution is -2.35. The van der Waals surface area contributed by atoms with Crippen LogP contribution in [-0.4, -0.2) is 51.4 Å². The Bertz CT molecular complexity index is 756. The van der Waals surface area contributed by atoms with Gasteiger partial charge in [-0.15, -0.1) is 10.2 Å². The van der Waals surface area contributed by atoms with Crippen molar-refractivity contribution >= 4 is 18.0 Å². The molecule has 1 heterocycles. The summed E-state index contributed by atoms with van der Waals surface area (Å²) >= 11 is 0. The lowest BCUT2D eigenvalue weighted by Gasteiger charge is -2.05.